The van der Waals surface area contributed by atoms with Crippen LogP contribution in [0.25, 0.3) is 0 Å². The monoisotopic (exact) mass is 152 g/mol. The quantitative estimate of drug-likeness (QED) is 0.568. The van der Waals surface area contributed by atoms with Crippen molar-refractivity contribution in [3.05, 3.63) is 23.8 Å². The average Bonchev–Trinajstić information content (AvgIpc) is 1.81. The molecule has 0 aromatic heterocycles. The first-order valence-electron chi connectivity index (χ1n) is 3.76. The van der Waals surface area contributed by atoms with Gasteiger partial charge in [0.25, 0.3) is 0 Å². The largest absolute Gasteiger partial charge is 0.299 e. The van der Waals surface area contributed by atoms with Crippen LogP contribution < -0.4 is 0 Å². The molecule has 11 heavy (non-hydrogen) atoms. The van der Waals surface area contributed by atoms with Gasteiger partial charge in [0, 0.05) is 0 Å². The number of carbonyl (C=O) groups is 1. The summed E-state index contributed by atoms with van der Waals surface area (Å²) in [6.07, 6.45) is 1.95. The van der Waals surface area contributed by atoms with Gasteiger partial charge in [-0.1, -0.05) is 23.8 Å². The zero-order valence-corrected chi connectivity index (χ0v) is 7.77. The van der Waals surface area contributed by atoms with Gasteiger partial charge in [0.05, 0.1) is 5.92 Å². The smallest absolute Gasteiger partial charge is 0.140 e. The molecule has 0 saturated heterocycles. The SMILES string of the molecule is C=C(C)C(C=C(C)C)C(C)=O. The minimum absolute atomic E-state index is 0.0833. The van der Waals surface area contributed by atoms with Crippen LogP contribution in [0.1, 0.15) is 27.7 Å². The Labute approximate surface area is 68.8 Å². The number of rotatable bonds is 3. The van der Waals surface area contributed by atoms with Crippen LogP contribution in [0.15, 0.2) is 23.8 Å². The summed E-state index contributed by atoms with van der Waals surface area (Å²) >= 11 is 0. The third-order valence-corrected chi connectivity index (χ3v) is 1.47. The van der Waals surface area contributed by atoms with Gasteiger partial charge in [-0.3, -0.25) is 4.79 Å². The Morgan fingerprint density at radius 2 is 1.73 bits per heavy atom. The van der Waals surface area contributed by atoms with E-state index in [1.54, 1.807) is 6.92 Å². The molecule has 0 N–H and O–H groups in total. The van der Waals surface area contributed by atoms with Crippen molar-refractivity contribution in [2.75, 3.05) is 0 Å². The summed E-state index contributed by atoms with van der Waals surface area (Å²) in [5, 5.41) is 0. The number of carbonyl (C=O) groups excluding carboxylic acids is 1. The summed E-state index contributed by atoms with van der Waals surface area (Å²) in [7, 11) is 0. The number of Topliss-reactive ketones (excluding diaryl/α,β-unsaturated/α-hetero) is 1. The molecule has 0 spiro atoms. The summed E-state index contributed by atoms with van der Waals surface area (Å²) < 4.78 is 0. The molecule has 0 amide bonds. The second kappa shape index (κ2) is 4.12. The topological polar surface area (TPSA) is 17.1 Å². The van der Waals surface area contributed by atoms with Crippen LogP contribution in [-0.2, 0) is 4.79 Å². The zero-order valence-electron chi connectivity index (χ0n) is 7.77. The van der Waals surface area contributed by atoms with Crippen LogP contribution in [-0.4, -0.2) is 5.78 Å². The van der Waals surface area contributed by atoms with E-state index in [1.165, 1.54) is 0 Å². The van der Waals surface area contributed by atoms with E-state index in [2.05, 4.69) is 6.58 Å². The van der Waals surface area contributed by atoms with Gasteiger partial charge in [-0.15, -0.1) is 0 Å². The fraction of sp³-hybridized carbons (Fsp3) is 0.500. The molecule has 0 saturated carbocycles. The number of hydrogen-bond donors (Lipinski definition) is 0. The molecule has 0 fully saturated rings. The van der Waals surface area contributed by atoms with Crippen molar-refractivity contribution in [3.63, 3.8) is 0 Å². The number of ketones is 1. The lowest BCUT2D eigenvalue weighted by molar-refractivity contribution is -0.118. The van der Waals surface area contributed by atoms with E-state index >= 15 is 0 Å². The number of allylic oxidation sites excluding steroid dienone is 3. The standard InChI is InChI=1S/C10H16O/c1-7(2)6-10(8(3)4)9(5)11/h6,10H,3H2,1-2,4-5H3. The summed E-state index contributed by atoms with van der Waals surface area (Å²) in [6.45, 7) is 11.2. The van der Waals surface area contributed by atoms with Crippen molar-refractivity contribution in [2.24, 2.45) is 5.92 Å². The maximum Gasteiger partial charge on any atom is 0.140 e. The van der Waals surface area contributed by atoms with E-state index in [9.17, 15) is 4.79 Å². The highest BCUT2D eigenvalue weighted by atomic mass is 16.1. The van der Waals surface area contributed by atoms with Crippen molar-refractivity contribution >= 4 is 5.78 Å². The lowest BCUT2D eigenvalue weighted by Gasteiger charge is -2.08. The van der Waals surface area contributed by atoms with Gasteiger partial charge < -0.3 is 0 Å². The number of hydrogen-bond acceptors (Lipinski definition) is 1. The zero-order chi connectivity index (χ0) is 9.02. The van der Waals surface area contributed by atoms with Crippen LogP contribution in [0.2, 0.25) is 0 Å². The second-order valence-corrected chi connectivity index (χ2v) is 3.18. The van der Waals surface area contributed by atoms with E-state index in [-0.39, 0.29) is 11.7 Å². The predicted octanol–water partition coefficient (Wildman–Crippen LogP) is 2.73. The molecule has 0 radical (unpaired) electrons. The normalized spacial score (nSPS) is 12.0. The summed E-state index contributed by atoms with van der Waals surface area (Å²) in [5.41, 5.74) is 2.08. The van der Waals surface area contributed by atoms with Gasteiger partial charge >= 0.3 is 0 Å². The van der Waals surface area contributed by atoms with Gasteiger partial charge in [0.1, 0.15) is 5.78 Å². The van der Waals surface area contributed by atoms with E-state index in [0.717, 1.165) is 11.1 Å². The maximum absolute atomic E-state index is 11.0. The van der Waals surface area contributed by atoms with Crippen molar-refractivity contribution in [2.45, 2.75) is 27.7 Å². The second-order valence-electron chi connectivity index (χ2n) is 3.18. The fourth-order valence-electron chi connectivity index (χ4n) is 0.940. The molecular weight excluding hydrogens is 136 g/mol. The first-order chi connectivity index (χ1) is 4.95. The molecule has 0 rings (SSSR count). The van der Waals surface area contributed by atoms with E-state index in [0.29, 0.717) is 0 Å². The van der Waals surface area contributed by atoms with Crippen LogP contribution >= 0.6 is 0 Å². The molecule has 0 aliphatic heterocycles. The predicted molar refractivity (Wildman–Crippen MR) is 48.4 cm³/mol. The Balaban J connectivity index is 4.49. The Bertz CT molecular complexity index is 181. The summed E-state index contributed by atoms with van der Waals surface area (Å²) in [6, 6.07) is 0. The highest BCUT2D eigenvalue weighted by Gasteiger charge is 2.10. The highest BCUT2D eigenvalue weighted by Crippen LogP contribution is 2.13. The van der Waals surface area contributed by atoms with Gasteiger partial charge in [0.2, 0.25) is 0 Å². The minimum Gasteiger partial charge on any atom is -0.299 e. The molecule has 0 bridgehead atoms. The van der Waals surface area contributed by atoms with Crippen molar-refractivity contribution in [1.82, 2.24) is 0 Å². The van der Waals surface area contributed by atoms with Crippen molar-refractivity contribution in [3.8, 4) is 0 Å². The molecule has 1 nitrogen and oxygen atoms in total. The molecular formula is C10H16O. The highest BCUT2D eigenvalue weighted by molar-refractivity contribution is 5.82. The molecule has 1 atom stereocenters. The molecule has 0 aliphatic rings. The van der Waals surface area contributed by atoms with Gasteiger partial charge in [-0.25, -0.2) is 0 Å². The first kappa shape index (κ1) is 10.2. The van der Waals surface area contributed by atoms with E-state index < -0.39 is 0 Å². The van der Waals surface area contributed by atoms with E-state index in [4.69, 9.17) is 0 Å². The van der Waals surface area contributed by atoms with E-state index in [1.807, 2.05) is 26.8 Å². The molecule has 0 heterocycles. The average molecular weight is 152 g/mol. The molecule has 0 aromatic rings. The Morgan fingerprint density at radius 1 is 1.27 bits per heavy atom. The third-order valence-electron chi connectivity index (χ3n) is 1.47. The van der Waals surface area contributed by atoms with Gasteiger partial charge in [-0.05, 0) is 27.7 Å². The molecule has 1 unspecified atom stereocenters. The lowest BCUT2D eigenvalue weighted by Crippen LogP contribution is -2.08. The Hall–Kier alpha value is -0.850. The van der Waals surface area contributed by atoms with Crippen LogP contribution in [0, 0.1) is 5.92 Å². The summed E-state index contributed by atoms with van der Waals surface area (Å²) in [4.78, 5) is 11.0. The minimum atomic E-state index is -0.0833. The van der Waals surface area contributed by atoms with Gasteiger partial charge in [-0.2, -0.15) is 0 Å². The maximum atomic E-state index is 11.0. The molecule has 0 aliphatic carbocycles. The molecule has 0 aromatic carbocycles. The van der Waals surface area contributed by atoms with Crippen molar-refractivity contribution < 1.29 is 4.79 Å². The molecule has 62 valence electrons. The van der Waals surface area contributed by atoms with Crippen molar-refractivity contribution in [1.29, 1.82) is 0 Å². The Morgan fingerprint density at radius 3 is 1.82 bits per heavy atom. The van der Waals surface area contributed by atoms with Crippen LogP contribution in [0.4, 0.5) is 0 Å². The third kappa shape index (κ3) is 3.76. The molecule has 1 heteroatoms. The lowest BCUT2D eigenvalue weighted by atomic mass is 9.96. The Kier molecular flexibility index (Phi) is 3.80. The van der Waals surface area contributed by atoms with Crippen LogP contribution in [0.3, 0.4) is 0 Å². The van der Waals surface area contributed by atoms with Crippen LogP contribution in [0.5, 0.6) is 0 Å². The fourth-order valence-corrected chi connectivity index (χ4v) is 0.940. The first-order valence-corrected chi connectivity index (χ1v) is 3.76. The van der Waals surface area contributed by atoms with Gasteiger partial charge in [0.15, 0.2) is 0 Å². The summed E-state index contributed by atoms with van der Waals surface area (Å²) in [5.74, 6) is 0.0821.